The van der Waals surface area contributed by atoms with Gasteiger partial charge in [0.25, 0.3) is 5.56 Å². The Balaban J connectivity index is 2.60. The van der Waals surface area contributed by atoms with Crippen LogP contribution in [-0.2, 0) is 0 Å². The van der Waals surface area contributed by atoms with Gasteiger partial charge < -0.3 is 4.98 Å². The lowest BCUT2D eigenvalue weighted by Crippen LogP contribution is -2.06. The molecule has 0 radical (unpaired) electrons. The van der Waals surface area contributed by atoms with Gasteiger partial charge in [0.1, 0.15) is 0 Å². The molecule has 1 aromatic heterocycles. The van der Waals surface area contributed by atoms with Crippen LogP contribution in [0.2, 0.25) is 0 Å². The van der Waals surface area contributed by atoms with Crippen molar-refractivity contribution in [2.24, 2.45) is 0 Å². The van der Waals surface area contributed by atoms with Crippen LogP contribution in [0.1, 0.15) is 0 Å². The molecule has 3 aromatic rings. The van der Waals surface area contributed by atoms with Crippen molar-refractivity contribution in [3.05, 3.63) is 54.1 Å². The number of aromatic nitrogens is 1. The first-order valence-electron chi connectivity index (χ1n) is 5.16. The number of H-pyrrole nitrogens is 1. The number of fused-ring (bicyclic) bond motifs is 3. The minimum absolute atomic E-state index is 0.0759. The second-order valence-electron chi connectivity index (χ2n) is 3.96. The van der Waals surface area contributed by atoms with Crippen LogP contribution in [-0.4, -0.2) is 4.98 Å². The van der Waals surface area contributed by atoms with Crippen LogP contribution in [0.15, 0.2) is 48.5 Å². The first-order valence-corrected chi connectivity index (χ1v) is 7.54. The van der Waals surface area contributed by atoms with Gasteiger partial charge in [0.05, 0.1) is 5.52 Å². The van der Waals surface area contributed by atoms with Gasteiger partial charge in [-0.3, -0.25) is 4.79 Å². The number of rotatable bonds is 0. The molecule has 1 heterocycles. The third-order valence-electron chi connectivity index (χ3n) is 2.83. The van der Waals surface area contributed by atoms with Crippen LogP contribution < -0.4 is 5.56 Å². The van der Waals surface area contributed by atoms with E-state index >= 15 is 0 Å². The van der Waals surface area contributed by atoms with E-state index in [1.165, 1.54) is 0 Å². The Bertz CT molecular complexity index is 839. The SMILES string of the molecule is O=c1[nH]c2cc(Br)c(Br)cc2c2ccc(Br)cc12. The molecule has 0 aliphatic rings. The molecule has 0 atom stereocenters. The molecule has 0 spiro atoms. The summed E-state index contributed by atoms with van der Waals surface area (Å²) < 4.78 is 2.78. The molecule has 2 aromatic carbocycles. The lowest BCUT2D eigenvalue weighted by molar-refractivity contribution is 1.34. The van der Waals surface area contributed by atoms with Crippen molar-refractivity contribution in [3.8, 4) is 0 Å². The summed E-state index contributed by atoms with van der Waals surface area (Å²) in [5, 5.41) is 2.66. The Morgan fingerprint density at radius 2 is 1.56 bits per heavy atom. The first-order chi connectivity index (χ1) is 8.56. The molecule has 90 valence electrons. The Labute approximate surface area is 128 Å². The fourth-order valence-corrected chi connectivity index (χ4v) is 3.05. The van der Waals surface area contributed by atoms with E-state index in [4.69, 9.17) is 0 Å². The second kappa shape index (κ2) is 4.47. The molecule has 0 amide bonds. The molecule has 0 aliphatic carbocycles. The number of aromatic amines is 1. The highest BCUT2D eigenvalue weighted by atomic mass is 79.9. The Hall–Kier alpha value is -0.650. The molecule has 0 saturated carbocycles. The third kappa shape index (κ3) is 1.94. The molecule has 0 unspecified atom stereocenters. The van der Waals surface area contributed by atoms with Gasteiger partial charge in [0.2, 0.25) is 0 Å². The summed E-state index contributed by atoms with van der Waals surface area (Å²) in [5.74, 6) is 0. The van der Waals surface area contributed by atoms with Crippen molar-refractivity contribution in [2.75, 3.05) is 0 Å². The number of hydrogen-bond acceptors (Lipinski definition) is 1. The fraction of sp³-hybridized carbons (Fsp3) is 0. The maximum absolute atomic E-state index is 12.0. The minimum atomic E-state index is -0.0759. The summed E-state index contributed by atoms with van der Waals surface area (Å²) in [6.45, 7) is 0. The van der Waals surface area contributed by atoms with Gasteiger partial charge in [0, 0.05) is 24.2 Å². The Morgan fingerprint density at radius 1 is 0.833 bits per heavy atom. The molecular formula is C13H6Br3NO. The van der Waals surface area contributed by atoms with Crippen LogP contribution >= 0.6 is 47.8 Å². The summed E-state index contributed by atoms with van der Waals surface area (Å²) in [7, 11) is 0. The summed E-state index contributed by atoms with van der Waals surface area (Å²) in [5.41, 5.74) is 0.748. The van der Waals surface area contributed by atoms with Crippen LogP contribution in [0.4, 0.5) is 0 Å². The summed E-state index contributed by atoms with van der Waals surface area (Å²) >= 11 is 10.3. The Morgan fingerprint density at radius 3 is 2.33 bits per heavy atom. The van der Waals surface area contributed by atoms with Gasteiger partial charge in [-0.1, -0.05) is 22.0 Å². The zero-order chi connectivity index (χ0) is 12.9. The molecule has 0 saturated heterocycles. The van der Waals surface area contributed by atoms with Gasteiger partial charge in [-0.05, 0) is 61.5 Å². The number of halogens is 3. The third-order valence-corrected chi connectivity index (χ3v) is 5.16. The molecule has 0 aliphatic heterocycles. The van der Waals surface area contributed by atoms with Crippen LogP contribution in [0.3, 0.4) is 0 Å². The van der Waals surface area contributed by atoms with E-state index in [1.54, 1.807) is 0 Å². The van der Waals surface area contributed by atoms with Gasteiger partial charge in [-0.15, -0.1) is 0 Å². The standard InChI is InChI=1S/C13H6Br3NO/c14-6-1-2-7-8-4-10(15)11(16)5-12(8)17-13(18)9(7)3-6/h1-5H,(H,17,18). The van der Waals surface area contributed by atoms with Crippen LogP contribution in [0.25, 0.3) is 21.7 Å². The molecule has 3 rings (SSSR count). The van der Waals surface area contributed by atoms with Gasteiger partial charge in [0.15, 0.2) is 0 Å². The van der Waals surface area contributed by atoms with Crippen molar-refractivity contribution < 1.29 is 0 Å². The Kier molecular flexibility index (Phi) is 3.08. The normalized spacial score (nSPS) is 11.3. The van der Waals surface area contributed by atoms with E-state index in [2.05, 4.69) is 52.8 Å². The van der Waals surface area contributed by atoms with E-state index in [-0.39, 0.29) is 5.56 Å². The van der Waals surface area contributed by atoms with Crippen molar-refractivity contribution in [1.29, 1.82) is 0 Å². The molecular weight excluding hydrogens is 426 g/mol. The fourth-order valence-electron chi connectivity index (χ4n) is 2.00. The number of hydrogen-bond donors (Lipinski definition) is 1. The minimum Gasteiger partial charge on any atom is -0.321 e. The van der Waals surface area contributed by atoms with Crippen LogP contribution in [0.5, 0.6) is 0 Å². The predicted octanol–water partition coefficient (Wildman–Crippen LogP) is 4.97. The topological polar surface area (TPSA) is 32.9 Å². The van der Waals surface area contributed by atoms with Crippen molar-refractivity contribution in [2.45, 2.75) is 0 Å². The summed E-state index contributed by atoms with van der Waals surface area (Å²) in [6, 6.07) is 9.64. The highest BCUT2D eigenvalue weighted by molar-refractivity contribution is 9.13. The monoisotopic (exact) mass is 429 g/mol. The summed E-state index contributed by atoms with van der Waals surface area (Å²) in [4.78, 5) is 14.9. The van der Waals surface area contributed by atoms with Crippen molar-refractivity contribution in [3.63, 3.8) is 0 Å². The van der Waals surface area contributed by atoms with E-state index in [0.717, 1.165) is 29.7 Å². The smallest absolute Gasteiger partial charge is 0.256 e. The van der Waals surface area contributed by atoms with Gasteiger partial charge in [-0.2, -0.15) is 0 Å². The molecule has 0 bridgehead atoms. The first kappa shape index (κ1) is 12.4. The van der Waals surface area contributed by atoms with E-state index < -0.39 is 0 Å². The number of pyridine rings is 1. The van der Waals surface area contributed by atoms with Crippen LogP contribution in [0, 0.1) is 0 Å². The molecule has 0 fully saturated rings. The zero-order valence-corrected chi connectivity index (χ0v) is 13.7. The lowest BCUT2D eigenvalue weighted by Gasteiger charge is -2.06. The average Bonchev–Trinajstić information content (AvgIpc) is 2.32. The van der Waals surface area contributed by atoms with E-state index in [0.29, 0.717) is 5.39 Å². The number of nitrogens with one attached hydrogen (secondary N) is 1. The molecule has 5 heteroatoms. The lowest BCUT2D eigenvalue weighted by atomic mass is 10.1. The predicted molar refractivity (Wildman–Crippen MR) is 85.2 cm³/mol. The van der Waals surface area contributed by atoms with E-state index in [1.807, 2.05) is 30.3 Å². The average molecular weight is 432 g/mol. The second-order valence-corrected chi connectivity index (χ2v) is 6.58. The van der Waals surface area contributed by atoms with Gasteiger partial charge in [-0.25, -0.2) is 0 Å². The zero-order valence-electron chi connectivity index (χ0n) is 8.93. The van der Waals surface area contributed by atoms with Gasteiger partial charge >= 0.3 is 0 Å². The highest BCUT2D eigenvalue weighted by Crippen LogP contribution is 2.31. The largest absolute Gasteiger partial charge is 0.321 e. The summed E-state index contributed by atoms with van der Waals surface area (Å²) in [6.07, 6.45) is 0. The molecule has 18 heavy (non-hydrogen) atoms. The molecule has 1 N–H and O–H groups in total. The maximum Gasteiger partial charge on any atom is 0.256 e. The van der Waals surface area contributed by atoms with Crippen molar-refractivity contribution in [1.82, 2.24) is 4.98 Å². The maximum atomic E-state index is 12.0. The number of benzene rings is 2. The van der Waals surface area contributed by atoms with E-state index in [9.17, 15) is 4.79 Å². The van der Waals surface area contributed by atoms with Crippen molar-refractivity contribution >= 4 is 69.5 Å². The quantitative estimate of drug-likeness (QED) is 0.501. The highest BCUT2D eigenvalue weighted by Gasteiger charge is 2.08. The molecule has 2 nitrogen and oxygen atoms in total.